The predicted octanol–water partition coefficient (Wildman–Crippen LogP) is -0.702. The van der Waals surface area contributed by atoms with Crippen LogP contribution in [0.1, 0.15) is 0 Å². The fraction of sp³-hybridized carbons (Fsp3) is 0.571. The first kappa shape index (κ1) is 10.1. The molecule has 0 saturated carbocycles. The number of esters is 1. The molecular weight excluding hydrogens is 146 g/mol. The zero-order chi connectivity index (χ0) is 8.69. The topological polar surface area (TPSA) is 58.6 Å². The molecule has 11 heavy (non-hydrogen) atoms. The molecule has 0 aromatic heterocycles. The third-order valence-corrected chi connectivity index (χ3v) is 1.10. The van der Waals surface area contributed by atoms with Gasteiger partial charge in [-0.25, -0.2) is 4.79 Å². The van der Waals surface area contributed by atoms with Gasteiger partial charge in [-0.05, 0) is 0 Å². The molecule has 0 aliphatic heterocycles. The minimum atomic E-state index is -0.421. The highest BCUT2D eigenvalue weighted by atomic mass is 16.5. The van der Waals surface area contributed by atoms with E-state index in [-0.39, 0.29) is 6.61 Å². The van der Waals surface area contributed by atoms with E-state index >= 15 is 0 Å². The van der Waals surface area contributed by atoms with Crippen molar-refractivity contribution in [3.8, 4) is 0 Å². The molecule has 0 bridgehead atoms. The average Bonchev–Trinajstić information content (AvgIpc) is 2.03. The number of hydrogen-bond acceptors (Lipinski definition) is 4. The van der Waals surface area contributed by atoms with Crippen molar-refractivity contribution in [2.45, 2.75) is 0 Å². The molecular formula is C7H13NO3. The number of aliphatic hydroxyl groups is 1. The normalized spacial score (nSPS) is 9.27. The molecule has 0 unspecified atom stereocenters. The molecule has 4 heteroatoms. The monoisotopic (exact) mass is 159 g/mol. The highest BCUT2D eigenvalue weighted by Crippen LogP contribution is 1.89. The quantitative estimate of drug-likeness (QED) is 0.316. The highest BCUT2D eigenvalue weighted by molar-refractivity contribution is 5.87. The Morgan fingerprint density at radius 2 is 2.36 bits per heavy atom. The zero-order valence-corrected chi connectivity index (χ0v) is 6.59. The predicted molar refractivity (Wildman–Crippen MR) is 41.1 cm³/mol. The van der Waals surface area contributed by atoms with E-state index in [0.29, 0.717) is 18.7 Å². The van der Waals surface area contributed by atoms with E-state index in [1.165, 1.54) is 7.11 Å². The Balaban J connectivity index is 3.44. The zero-order valence-electron chi connectivity index (χ0n) is 6.59. The van der Waals surface area contributed by atoms with E-state index in [1.54, 1.807) is 0 Å². The molecule has 0 fully saturated rings. The van der Waals surface area contributed by atoms with Crippen molar-refractivity contribution in [2.24, 2.45) is 0 Å². The second-order valence-corrected chi connectivity index (χ2v) is 2.00. The first-order valence-corrected chi connectivity index (χ1v) is 3.30. The fourth-order valence-corrected chi connectivity index (χ4v) is 0.535. The van der Waals surface area contributed by atoms with Gasteiger partial charge in [0.1, 0.15) is 0 Å². The van der Waals surface area contributed by atoms with Crippen LogP contribution in [0.5, 0.6) is 0 Å². The minimum Gasteiger partial charge on any atom is -0.466 e. The van der Waals surface area contributed by atoms with Gasteiger partial charge in [0.2, 0.25) is 0 Å². The lowest BCUT2D eigenvalue weighted by Crippen LogP contribution is -2.23. The molecule has 0 aliphatic rings. The highest BCUT2D eigenvalue weighted by Gasteiger charge is 2.04. The summed E-state index contributed by atoms with van der Waals surface area (Å²) in [6.45, 7) is 4.34. The number of ether oxygens (including phenoxy) is 1. The van der Waals surface area contributed by atoms with Gasteiger partial charge in [0.15, 0.2) is 0 Å². The lowest BCUT2D eigenvalue weighted by molar-refractivity contribution is -0.136. The largest absolute Gasteiger partial charge is 0.466 e. The molecule has 2 N–H and O–H groups in total. The van der Waals surface area contributed by atoms with Crippen LogP contribution < -0.4 is 5.32 Å². The molecule has 0 spiro atoms. The van der Waals surface area contributed by atoms with Gasteiger partial charge >= 0.3 is 5.97 Å². The van der Waals surface area contributed by atoms with E-state index in [9.17, 15) is 4.79 Å². The minimum absolute atomic E-state index is 0.0501. The van der Waals surface area contributed by atoms with Crippen molar-refractivity contribution >= 4 is 5.97 Å². The van der Waals surface area contributed by atoms with Crippen molar-refractivity contribution in [2.75, 3.05) is 26.8 Å². The number of nitrogens with one attached hydrogen (secondary N) is 1. The van der Waals surface area contributed by atoms with Gasteiger partial charge in [0.05, 0.1) is 13.7 Å². The maximum absolute atomic E-state index is 10.7. The number of carbonyl (C=O) groups excluding carboxylic acids is 1. The number of aliphatic hydroxyl groups excluding tert-OH is 1. The summed E-state index contributed by atoms with van der Waals surface area (Å²) in [5.74, 6) is -0.421. The van der Waals surface area contributed by atoms with Gasteiger partial charge in [-0.15, -0.1) is 0 Å². The summed E-state index contributed by atoms with van der Waals surface area (Å²) in [4.78, 5) is 10.7. The van der Waals surface area contributed by atoms with Gasteiger partial charge in [-0.1, -0.05) is 6.58 Å². The van der Waals surface area contributed by atoms with Crippen LogP contribution in [0, 0.1) is 0 Å². The Morgan fingerprint density at radius 1 is 1.73 bits per heavy atom. The molecule has 0 aromatic rings. The van der Waals surface area contributed by atoms with E-state index in [1.807, 2.05) is 0 Å². The van der Waals surface area contributed by atoms with Crippen LogP contribution in [-0.4, -0.2) is 37.9 Å². The van der Waals surface area contributed by atoms with Crippen LogP contribution in [0.25, 0.3) is 0 Å². The second kappa shape index (κ2) is 5.88. The van der Waals surface area contributed by atoms with Crippen LogP contribution >= 0.6 is 0 Å². The number of hydrogen-bond donors (Lipinski definition) is 2. The molecule has 0 aromatic carbocycles. The molecule has 0 saturated heterocycles. The Kier molecular flexibility index (Phi) is 5.42. The van der Waals surface area contributed by atoms with Crippen LogP contribution in [0.4, 0.5) is 0 Å². The average molecular weight is 159 g/mol. The standard InChI is InChI=1S/C7H13NO3/c1-6(7(10)11-2)5-8-3-4-9/h8-9H,1,3-5H2,2H3. The number of methoxy groups -OCH3 is 1. The molecule has 0 rings (SSSR count). The third kappa shape index (κ3) is 4.52. The van der Waals surface area contributed by atoms with Gasteiger partial charge in [-0.3, -0.25) is 0 Å². The van der Waals surface area contributed by atoms with Crippen LogP contribution in [0.2, 0.25) is 0 Å². The van der Waals surface area contributed by atoms with Gasteiger partial charge in [0.25, 0.3) is 0 Å². The molecule has 64 valence electrons. The van der Waals surface area contributed by atoms with Crippen LogP contribution in [0.3, 0.4) is 0 Å². The molecule has 4 nitrogen and oxygen atoms in total. The molecule has 0 heterocycles. The molecule has 0 amide bonds. The van der Waals surface area contributed by atoms with Gasteiger partial charge < -0.3 is 15.2 Å². The fourth-order valence-electron chi connectivity index (χ4n) is 0.535. The smallest absolute Gasteiger partial charge is 0.334 e. The molecule has 0 radical (unpaired) electrons. The Hall–Kier alpha value is -0.870. The van der Waals surface area contributed by atoms with Crippen LogP contribution in [-0.2, 0) is 9.53 Å². The van der Waals surface area contributed by atoms with Crippen molar-refractivity contribution in [3.05, 3.63) is 12.2 Å². The second-order valence-electron chi connectivity index (χ2n) is 2.00. The van der Waals surface area contributed by atoms with E-state index < -0.39 is 5.97 Å². The molecule has 0 atom stereocenters. The Morgan fingerprint density at radius 3 is 2.82 bits per heavy atom. The number of rotatable bonds is 5. The lowest BCUT2D eigenvalue weighted by Gasteiger charge is -2.03. The van der Waals surface area contributed by atoms with Crippen molar-refractivity contribution in [3.63, 3.8) is 0 Å². The Labute approximate surface area is 65.9 Å². The van der Waals surface area contributed by atoms with Crippen molar-refractivity contribution in [1.29, 1.82) is 0 Å². The van der Waals surface area contributed by atoms with E-state index in [2.05, 4.69) is 16.6 Å². The molecule has 0 aliphatic carbocycles. The van der Waals surface area contributed by atoms with Crippen molar-refractivity contribution in [1.82, 2.24) is 5.32 Å². The first-order chi connectivity index (χ1) is 5.22. The van der Waals surface area contributed by atoms with E-state index in [0.717, 1.165) is 0 Å². The van der Waals surface area contributed by atoms with Crippen molar-refractivity contribution < 1.29 is 14.6 Å². The number of carbonyl (C=O) groups is 1. The van der Waals surface area contributed by atoms with Gasteiger partial charge in [-0.2, -0.15) is 0 Å². The maximum Gasteiger partial charge on any atom is 0.334 e. The summed E-state index contributed by atoms with van der Waals surface area (Å²) in [6, 6.07) is 0. The van der Waals surface area contributed by atoms with Gasteiger partial charge in [0, 0.05) is 18.7 Å². The van der Waals surface area contributed by atoms with E-state index in [4.69, 9.17) is 5.11 Å². The summed E-state index contributed by atoms with van der Waals surface area (Å²) in [5, 5.41) is 11.2. The van der Waals surface area contributed by atoms with Crippen LogP contribution in [0.15, 0.2) is 12.2 Å². The third-order valence-electron chi connectivity index (χ3n) is 1.10. The summed E-state index contributed by atoms with van der Waals surface area (Å²) in [7, 11) is 1.31. The summed E-state index contributed by atoms with van der Waals surface area (Å²) in [6.07, 6.45) is 0. The lowest BCUT2D eigenvalue weighted by atomic mass is 10.3. The maximum atomic E-state index is 10.7. The Bertz CT molecular complexity index is 145. The summed E-state index contributed by atoms with van der Waals surface area (Å²) in [5.41, 5.74) is 0.362. The summed E-state index contributed by atoms with van der Waals surface area (Å²) >= 11 is 0. The summed E-state index contributed by atoms with van der Waals surface area (Å²) < 4.78 is 4.40. The first-order valence-electron chi connectivity index (χ1n) is 3.30. The SMILES string of the molecule is C=C(CNCCO)C(=O)OC.